The van der Waals surface area contributed by atoms with E-state index in [1.807, 2.05) is 16.8 Å². The molecule has 5 nitrogen and oxygen atoms in total. The summed E-state index contributed by atoms with van der Waals surface area (Å²) in [6.45, 7) is 3.10. The Hall–Kier alpha value is -2.18. The van der Waals surface area contributed by atoms with Gasteiger partial charge in [-0.25, -0.2) is 4.98 Å². The first-order valence-corrected chi connectivity index (χ1v) is 7.87. The molecule has 0 atom stereocenters. The van der Waals surface area contributed by atoms with E-state index in [0.29, 0.717) is 5.39 Å². The maximum Gasteiger partial charge on any atom is 0.295 e. The molecule has 0 radical (unpaired) electrons. The fourth-order valence-corrected chi connectivity index (χ4v) is 2.61. The van der Waals surface area contributed by atoms with Crippen molar-refractivity contribution in [3.8, 4) is 0 Å². The number of benzene rings is 2. The van der Waals surface area contributed by atoms with Crippen LogP contribution < -0.4 is 0 Å². The molecule has 0 saturated heterocycles. The summed E-state index contributed by atoms with van der Waals surface area (Å²) in [6.07, 6.45) is 5.53. The van der Waals surface area contributed by atoms with E-state index in [1.54, 1.807) is 42.9 Å². The summed E-state index contributed by atoms with van der Waals surface area (Å²) in [5, 5.41) is 1.33. The highest BCUT2D eigenvalue weighted by atomic mass is 32.2. The van der Waals surface area contributed by atoms with Crippen molar-refractivity contribution in [2.24, 2.45) is 0 Å². The van der Waals surface area contributed by atoms with Crippen LogP contribution in [0.3, 0.4) is 0 Å². The Morgan fingerprint density at radius 2 is 1.86 bits per heavy atom. The molecule has 0 bridgehead atoms. The minimum Gasteiger partial charge on any atom is -0.338 e. The molecule has 3 aromatic rings. The van der Waals surface area contributed by atoms with Crippen LogP contribution in [0.4, 0.5) is 0 Å². The molecule has 0 aliphatic rings. The Balaban J connectivity index is 0.000000194. The van der Waals surface area contributed by atoms with Crippen molar-refractivity contribution in [1.82, 2.24) is 9.55 Å². The van der Waals surface area contributed by atoms with E-state index < -0.39 is 10.1 Å². The van der Waals surface area contributed by atoms with E-state index in [0.717, 1.165) is 11.9 Å². The average molecular weight is 304 g/mol. The lowest BCUT2D eigenvalue weighted by Crippen LogP contribution is -1.98. The molecule has 0 spiro atoms. The monoisotopic (exact) mass is 304 g/mol. The molecule has 3 rings (SSSR count). The smallest absolute Gasteiger partial charge is 0.295 e. The van der Waals surface area contributed by atoms with E-state index >= 15 is 0 Å². The lowest BCUT2D eigenvalue weighted by atomic mass is 10.1. The second-order valence-corrected chi connectivity index (χ2v) is 5.74. The van der Waals surface area contributed by atoms with Gasteiger partial charge in [0.25, 0.3) is 10.1 Å². The molecular formula is C15H16N2O3S. The van der Waals surface area contributed by atoms with Gasteiger partial charge in [-0.15, -0.1) is 0 Å². The van der Waals surface area contributed by atoms with Crippen LogP contribution in [0.1, 0.15) is 6.92 Å². The topological polar surface area (TPSA) is 72.2 Å². The molecule has 0 aliphatic heterocycles. The van der Waals surface area contributed by atoms with E-state index in [1.165, 1.54) is 6.07 Å². The minimum absolute atomic E-state index is 0.0457. The van der Waals surface area contributed by atoms with Gasteiger partial charge in [0.1, 0.15) is 4.90 Å². The molecule has 1 aromatic heterocycles. The zero-order chi connectivity index (χ0) is 15.3. The van der Waals surface area contributed by atoms with Crippen molar-refractivity contribution in [1.29, 1.82) is 0 Å². The van der Waals surface area contributed by atoms with Crippen molar-refractivity contribution in [3.63, 3.8) is 0 Å². The Bertz CT molecular complexity index is 807. The Morgan fingerprint density at radius 3 is 2.43 bits per heavy atom. The maximum atomic E-state index is 11.0. The number of imidazole rings is 1. The Morgan fingerprint density at radius 1 is 1.14 bits per heavy atom. The number of fused-ring (bicyclic) bond motifs is 1. The number of rotatable bonds is 2. The van der Waals surface area contributed by atoms with Gasteiger partial charge in [0.15, 0.2) is 0 Å². The maximum absolute atomic E-state index is 11.0. The molecule has 1 heterocycles. The quantitative estimate of drug-likeness (QED) is 0.739. The molecule has 0 aliphatic carbocycles. The van der Waals surface area contributed by atoms with Gasteiger partial charge in [-0.05, 0) is 18.4 Å². The van der Waals surface area contributed by atoms with Crippen molar-refractivity contribution in [2.45, 2.75) is 18.4 Å². The lowest BCUT2D eigenvalue weighted by molar-refractivity contribution is 0.484. The van der Waals surface area contributed by atoms with Crippen molar-refractivity contribution in [3.05, 3.63) is 61.2 Å². The SMILES string of the molecule is CCn1ccnc1.O=S(=O)(O)c1cccc2ccccc12. The number of hydrogen-bond acceptors (Lipinski definition) is 3. The van der Waals surface area contributed by atoms with Gasteiger partial charge < -0.3 is 4.57 Å². The Labute approximate surface area is 123 Å². The van der Waals surface area contributed by atoms with Crippen molar-refractivity contribution < 1.29 is 13.0 Å². The largest absolute Gasteiger partial charge is 0.338 e. The molecule has 6 heteroatoms. The summed E-state index contributed by atoms with van der Waals surface area (Å²) in [6, 6.07) is 11.8. The molecule has 0 saturated carbocycles. The van der Waals surface area contributed by atoms with Crippen LogP contribution in [0.15, 0.2) is 66.1 Å². The number of hydrogen-bond donors (Lipinski definition) is 1. The highest BCUT2D eigenvalue weighted by Gasteiger charge is 2.12. The van der Waals surface area contributed by atoms with Gasteiger partial charge in [-0.2, -0.15) is 8.42 Å². The standard InChI is InChI=1S/C10H8O3S.C5H8N2/c11-14(12,13)10-7-3-5-8-4-1-2-6-9(8)10;1-2-7-4-3-6-5-7/h1-7H,(H,11,12,13);3-5H,2H2,1H3. The van der Waals surface area contributed by atoms with Gasteiger partial charge in [0.2, 0.25) is 0 Å². The second kappa shape index (κ2) is 6.51. The fraction of sp³-hybridized carbons (Fsp3) is 0.133. The molecule has 21 heavy (non-hydrogen) atoms. The summed E-state index contributed by atoms with van der Waals surface area (Å²) in [4.78, 5) is 3.81. The van der Waals surface area contributed by atoms with E-state index in [4.69, 9.17) is 4.55 Å². The third-order valence-corrected chi connectivity index (χ3v) is 3.86. The van der Waals surface area contributed by atoms with Crippen LogP contribution in [0.25, 0.3) is 10.8 Å². The predicted octanol–water partition coefficient (Wildman–Crippen LogP) is 2.99. The highest BCUT2D eigenvalue weighted by Crippen LogP contribution is 2.21. The van der Waals surface area contributed by atoms with Gasteiger partial charge in [-0.1, -0.05) is 36.4 Å². The fourth-order valence-electron chi connectivity index (χ4n) is 1.89. The summed E-state index contributed by atoms with van der Waals surface area (Å²) >= 11 is 0. The highest BCUT2D eigenvalue weighted by molar-refractivity contribution is 7.86. The average Bonchev–Trinajstić information content (AvgIpc) is 3.00. The molecule has 0 unspecified atom stereocenters. The van der Waals surface area contributed by atoms with Crippen molar-refractivity contribution in [2.75, 3.05) is 0 Å². The summed E-state index contributed by atoms with van der Waals surface area (Å²) in [7, 11) is -4.13. The van der Waals surface area contributed by atoms with Crippen molar-refractivity contribution >= 4 is 20.9 Å². The summed E-state index contributed by atoms with van der Waals surface area (Å²) < 4.78 is 33.0. The van der Waals surface area contributed by atoms with Gasteiger partial charge >= 0.3 is 0 Å². The van der Waals surface area contributed by atoms with Crippen LogP contribution in [-0.4, -0.2) is 22.5 Å². The van der Waals surface area contributed by atoms with Gasteiger partial charge in [0.05, 0.1) is 6.33 Å². The van der Waals surface area contributed by atoms with E-state index in [9.17, 15) is 8.42 Å². The summed E-state index contributed by atoms with van der Waals surface area (Å²) in [5.74, 6) is 0. The molecule has 0 amide bonds. The molecule has 2 aromatic carbocycles. The number of nitrogens with zero attached hydrogens (tertiary/aromatic N) is 2. The zero-order valence-corrected chi connectivity index (χ0v) is 12.4. The van der Waals surface area contributed by atoms with Gasteiger partial charge in [-0.3, -0.25) is 4.55 Å². The van der Waals surface area contributed by atoms with Crippen LogP contribution in [-0.2, 0) is 16.7 Å². The third-order valence-electron chi connectivity index (χ3n) is 2.95. The third kappa shape index (κ3) is 3.90. The van der Waals surface area contributed by atoms with Gasteiger partial charge in [0, 0.05) is 24.3 Å². The predicted molar refractivity (Wildman–Crippen MR) is 81.7 cm³/mol. The molecule has 0 fully saturated rings. The Kier molecular flexibility index (Phi) is 4.72. The van der Waals surface area contributed by atoms with E-state index in [-0.39, 0.29) is 4.90 Å². The summed E-state index contributed by atoms with van der Waals surface area (Å²) in [5.41, 5.74) is 0. The van der Waals surface area contributed by atoms with Crippen LogP contribution in [0.5, 0.6) is 0 Å². The van der Waals surface area contributed by atoms with Crippen LogP contribution in [0.2, 0.25) is 0 Å². The first-order chi connectivity index (χ1) is 10.0. The number of aromatic nitrogens is 2. The number of aryl methyl sites for hydroxylation is 1. The second-order valence-electron chi connectivity index (χ2n) is 4.35. The first-order valence-electron chi connectivity index (χ1n) is 6.43. The van der Waals surface area contributed by atoms with Crippen LogP contribution >= 0.6 is 0 Å². The molecular weight excluding hydrogens is 288 g/mol. The minimum atomic E-state index is -4.13. The van der Waals surface area contributed by atoms with Crippen LogP contribution in [0, 0.1) is 0 Å². The normalized spacial score (nSPS) is 11.0. The first kappa shape index (κ1) is 15.2. The molecule has 110 valence electrons. The lowest BCUT2D eigenvalue weighted by Gasteiger charge is -2.02. The zero-order valence-electron chi connectivity index (χ0n) is 11.5. The molecule has 1 N–H and O–H groups in total. The van der Waals surface area contributed by atoms with E-state index in [2.05, 4.69) is 11.9 Å².